The molecule has 0 radical (unpaired) electrons. The molecule has 18 heavy (non-hydrogen) atoms. The van der Waals surface area contributed by atoms with Crippen molar-refractivity contribution in [1.29, 1.82) is 0 Å². The number of para-hydroxylation sites is 1. The average Bonchev–Trinajstić information content (AvgIpc) is 2.86. The molecule has 0 aliphatic rings. The summed E-state index contributed by atoms with van der Waals surface area (Å²) >= 11 is 0. The number of hydrogen-bond donors (Lipinski definition) is 2. The molecule has 1 aromatic heterocycles. The summed E-state index contributed by atoms with van der Waals surface area (Å²) in [6.07, 6.45) is 2.18. The number of phenolic OH excluding ortho intramolecular Hbond substituents is 1. The van der Waals surface area contributed by atoms with Gasteiger partial charge in [-0.05, 0) is 12.1 Å². The highest BCUT2D eigenvalue weighted by atomic mass is 16.3. The Balaban J connectivity index is 2.03. The highest BCUT2D eigenvalue weighted by Gasteiger charge is 2.13. The minimum atomic E-state index is -0.191. The van der Waals surface area contributed by atoms with E-state index < -0.39 is 0 Å². The molecule has 0 aliphatic carbocycles. The summed E-state index contributed by atoms with van der Waals surface area (Å²) in [5, 5.41) is 12.3. The van der Waals surface area contributed by atoms with Gasteiger partial charge >= 0.3 is 0 Å². The molecule has 0 saturated heterocycles. The van der Waals surface area contributed by atoms with E-state index in [1.807, 2.05) is 13.0 Å². The van der Waals surface area contributed by atoms with Crippen molar-refractivity contribution in [2.45, 2.75) is 19.9 Å². The lowest BCUT2D eigenvalue weighted by Crippen LogP contribution is -2.23. The van der Waals surface area contributed by atoms with Crippen LogP contribution in [0.4, 0.5) is 0 Å². The first kappa shape index (κ1) is 12.2. The molecular formula is C14H15NO3. The van der Waals surface area contributed by atoms with E-state index in [1.165, 1.54) is 6.26 Å². The molecule has 1 heterocycles. The standard InChI is InChI=1S/C14H15NO3/c1-2-13-11(7-8-18-13)14(17)15-9-10-5-3-4-6-12(10)16/h3-8,16H,2,9H2,1H3,(H,15,17). The van der Waals surface area contributed by atoms with Crippen LogP contribution in [0, 0.1) is 0 Å². The molecule has 4 nitrogen and oxygen atoms in total. The predicted molar refractivity (Wildman–Crippen MR) is 67.4 cm³/mol. The van der Waals surface area contributed by atoms with Crippen LogP contribution < -0.4 is 5.32 Å². The number of rotatable bonds is 4. The Labute approximate surface area is 105 Å². The molecule has 2 N–H and O–H groups in total. The molecule has 0 spiro atoms. The number of carbonyl (C=O) groups excluding carboxylic acids is 1. The van der Waals surface area contributed by atoms with Gasteiger partial charge in [0.25, 0.3) is 5.91 Å². The molecule has 0 unspecified atom stereocenters. The molecule has 1 aromatic carbocycles. The fourth-order valence-corrected chi connectivity index (χ4v) is 1.75. The van der Waals surface area contributed by atoms with Gasteiger partial charge in [0.15, 0.2) is 0 Å². The third-order valence-corrected chi connectivity index (χ3v) is 2.74. The number of benzene rings is 1. The van der Waals surface area contributed by atoms with E-state index in [0.717, 1.165) is 0 Å². The van der Waals surface area contributed by atoms with Crippen LogP contribution in [0.1, 0.15) is 28.6 Å². The van der Waals surface area contributed by atoms with Crippen molar-refractivity contribution in [3.8, 4) is 5.75 Å². The van der Waals surface area contributed by atoms with Gasteiger partial charge in [0, 0.05) is 18.5 Å². The summed E-state index contributed by atoms with van der Waals surface area (Å²) in [6, 6.07) is 8.57. The number of carbonyl (C=O) groups is 1. The van der Waals surface area contributed by atoms with Crippen molar-refractivity contribution < 1.29 is 14.3 Å². The number of nitrogens with one attached hydrogen (secondary N) is 1. The molecule has 0 saturated carbocycles. The topological polar surface area (TPSA) is 62.5 Å². The minimum absolute atomic E-state index is 0.181. The zero-order valence-corrected chi connectivity index (χ0v) is 10.1. The molecule has 0 bridgehead atoms. The molecule has 2 aromatic rings. The van der Waals surface area contributed by atoms with Crippen molar-refractivity contribution in [2.24, 2.45) is 0 Å². The van der Waals surface area contributed by atoms with Gasteiger partial charge in [-0.15, -0.1) is 0 Å². The van der Waals surface area contributed by atoms with Gasteiger partial charge in [-0.25, -0.2) is 0 Å². The van der Waals surface area contributed by atoms with Crippen molar-refractivity contribution in [2.75, 3.05) is 0 Å². The Bertz CT molecular complexity index is 545. The zero-order valence-electron chi connectivity index (χ0n) is 10.1. The minimum Gasteiger partial charge on any atom is -0.508 e. The molecule has 2 rings (SSSR count). The monoisotopic (exact) mass is 245 g/mol. The van der Waals surface area contributed by atoms with Crippen molar-refractivity contribution >= 4 is 5.91 Å². The number of furan rings is 1. The van der Waals surface area contributed by atoms with E-state index in [9.17, 15) is 9.90 Å². The lowest BCUT2D eigenvalue weighted by molar-refractivity contribution is 0.0949. The number of aryl methyl sites for hydroxylation is 1. The quantitative estimate of drug-likeness (QED) is 0.869. The van der Waals surface area contributed by atoms with Gasteiger partial charge in [0.05, 0.1) is 11.8 Å². The van der Waals surface area contributed by atoms with E-state index in [1.54, 1.807) is 24.3 Å². The van der Waals surface area contributed by atoms with Crippen LogP contribution in [0.25, 0.3) is 0 Å². The van der Waals surface area contributed by atoms with Crippen LogP contribution in [-0.2, 0) is 13.0 Å². The summed E-state index contributed by atoms with van der Waals surface area (Å²) in [7, 11) is 0. The second-order valence-corrected chi connectivity index (χ2v) is 3.92. The van der Waals surface area contributed by atoms with Crippen LogP contribution in [0.5, 0.6) is 5.75 Å². The van der Waals surface area contributed by atoms with E-state index in [4.69, 9.17) is 4.42 Å². The third kappa shape index (κ3) is 2.53. The fourth-order valence-electron chi connectivity index (χ4n) is 1.75. The van der Waals surface area contributed by atoms with Crippen LogP contribution in [0.3, 0.4) is 0 Å². The van der Waals surface area contributed by atoms with Crippen LogP contribution in [-0.4, -0.2) is 11.0 Å². The molecule has 0 aliphatic heterocycles. The maximum Gasteiger partial charge on any atom is 0.255 e. The molecule has 0 atom stereocenters. The first-order valence-electron chi connectivity index (χ1n) is 5.83. The smallest absolute Gasteiger partial charge is 0.255 e. The summed E-state index contributed by atoms with van der Waals surface area (Å²) < 4.78 is 5.20. The Morgan fingerprint density at radius 2 is 2.11 bits per heavy atom. The molecule has 1 amide bonds. The Kier molecular flexibility index (Phi) is 3.67. The lowest BCUT2D eigenvalue weighted by atomic mass is 10.1. The first-order valence-corrected chi connectivity index (χ1v) is 5.83. The third-order valence-electron chi connectivity index (χ3n) is 2.74. The van der Waals surface area contributed by atoms with Crippen LogP contribution >= 0.6 is 0 Å². The Hall–Kier alpha value is -2.23. The van der Waals surface area contributed by atoms with E-state index in [0.29, 0.717) is 29.9 Å². The molecule has 4 heteroatoms. The lowest BCUT2D eigenvalue weighted by Gasteiger charge is -2.06. The second kappa shape index (κ2) is 5.40. The Morgan fingerprint density at radius 3 is 2.83 bits per heavy atom. The SMILES string of the molecule is CCc1occc1C(=O)NCc1ccccc1O. The highest BCUT2D eigenvalue weighted by Crippen LogP contribution is 2.16. The van der Waals surface area contributed by atoms with Crippen molar-refractivity contribution in [3.63, 3.8) is 0 Å². The van der Waals surface area contributed by atoms with Gasteiger partial charge < -0.3 is 14.8 Å². The summed E-state index contributed by atoms with van der Waals surface area (Å²) in [4.78, 5) is 11.9. The number of amides is 1. The Morgan fingerprint density at radius 1 is 1.33 bits per heavy atom. The fraction of sp³-hybridized carbons (Fsp3) is 0.214. The average molecular weight is 245 g/mol. The molecule has 0 fully saturated rings. The summed E-state index contributed by atoms with van der Waals surface area (Å²) in [5.41, 5.74) is 1.24. The molecule has 94 valence electrons. The second-order valence-electron chi connectivity index (χ2n) is 3.92. The number of hydrogen-bond acceptors (Lipinski definition) is 3. The predicted octanol–water partition coefficient (Wildman–Crippen LogP) is 2.48. The molecular weight excluding hydrogens is 230 g/mol. The van der Waals surface area contributed by atoms with E-state index in [2.05, 4.69) is 5.32 Å². The van der Waals surface area contributed by atoms with Crippen LogP contribution in [0.2, 0.25) is 0 Å². The number of aromatic hydroxyl groups is 1. The van der Waals surface area contributed by atoms with E-state index >= 15 is 0 Å². The maximum atomic E-state index is 11.9. The summed E-state index contributed by atoms with van der Waals surface area (Å²) in [5.74, 6) is 0.661. The zero-order chi connectivity index (χ0) is 13.0. The highest BCUT2D eigenvalue weighted by molar-refractivity contribution is 5.95. The van der Waals surface area contributed by atoms with Crippen LogP contribution in [0.15, 0.2) is 41.0 Å². The number of phenols is 1. The normalized spacial score (nSPS) is 10.3. The van der Waals surface area contributed by atoms with Crippen molar-refractivity contribution in [1.82, 2.24) is 5.32 Å². The van der Waals surface area contributed by atoms with E-state index in [-0.39, 0.29) is 11.7 Å². The van der Waals surface area contributed by atoms with Gasteiger partial charge in [-0.3, -0.25) is 4.79 Å². The van der Waals surface area contributed by atoms with Gasteiger partial charge in [0.2, 0.25) is 0 Å². The maximum absolute atomic E-state index is 11.9. The summed E-state index contributed by atoms with van der Waals surface area (Å²) in [6.45, 7) is 2.22. The van der Waals surface area contributed by atoms with Gasteiger partial charge in [-0.2, -0.15) is 0 Å². The van der Waals surface area contributed by atoms with Gasteiger partial charge in [-0.1, -0.05) is 25.1 Å². The largest absolute Gasteiger partial charge is 0.508 e. The first-order chi connectivity index (χ1) is 8.72. The van der Waals surface area contributed by atoms with Gasteiger partial charge in [0.1, 0.15) is 11.5 Å². The van der Waals surface area contributed by atoms with Crippen molar-refractivity contribution in [3.05, 3.63) is 53.5 Å².